The lowest BCUT2D eigenvalue weighted by Crippen LogP contribution is -2.46. The van der Waals surface area contributed by atoms with Gasteiger partial charge in [-0.05, 0) is 115 Å². The lowest BCUT2D eigenvalue weighted by molar-refractivity contribution is 0.0966. The van der Waals surface area contributed by atoms with Gasteiger partial charge in [-0.25, -0.2) is 9.97 Å². The summed E-state index contributed by atoms with van der Waals surface area (Å²) in [4.78, 5) is 26.8. The first-order chi connectivity index (χ1) is 18.9. The maximum Gasteiger partial charge on any atom is 0.271 e. The summed E-state index contributed by atoms with van der Waals surface area (Å²) in [5.74, 6) is 1.04. The van der Waals surface area contributed by atoms with Crippen molar-refractivity contribution < 1.29 is 9.90 Å². The van der Waals surface area contributed by atoms with Crippen LogP contribution in [-0.4, -0.2) is 82.2 Å². The molecule has 0 radical (unpaired) electrons. The quantitative estimate of drug-likeness (QED) is 0.402. The Labute approximate surface area is 232 Å². The van der Waals surface area contributed by atoms with Gasteiger partial charge in [-0.15, -0.1) is 0 Å². The number of aromatic nitrogens is 2. The average molecular weight is 536 g/mol. The summed E-state index contributed by atoms with van der Waals surface area (Å²) in [5.41, 5.74) is 8.80. The molecular formula is C30H45N7O2. The minimum Gasteiger partial charge on any atom is -0.393 e. The van der Waals surface area contributed by atoms with Crippen molar-refractivity contribution in [3.8, 4) is 0 Å². The molecule has 1 amide bonds. The van der Waals surface area contributed by atoms with Crippen LogP contribution < -0.4 is 16.4 Å². The van der Waals surface area contributed by atoms with Crippen LogP contribution in [0.15, 0.2) is 24.3 Å². The maximum absolute atomic E-state index is 12.3. The van der Waals surface area contributed by atoms with Gasteiger partial charge in [0, 0.05) is 17.8 Å². The number of rotatable bonds is 8. The van der Waals surface area contributed by atoms with E-state index in [1.54, 1.807) is 0 Å². The van der Waals surface area contributed by atoms with Gasteiger partial charge in [0.25, 0.3) is 5.91 Å². The molecule has 0 atom stereocenters. The highest BCUT2D eigenvalue weighted by molar-refractivity contribution is 5.96. The molecule has 2 aliphatic heterocycles. The molecule has 9 nitrogen and oxygen atoms in total. The van der Waals surface area contributed by atoms with Crippen LogP contribution in [-0.2, 0) is 6.42 Å². The number of aryl methyl sites for hydroxylation is 1. The van der Waals surface area contributed by atoms with E-state index < -0.39 is 5.91 Å². The number of carbonyl (C=O) groups is 1. The number of nitrogens with one attached hydrogen (secondary N) is 2. The van der Waals surface area contributed by atoms with Crippen LogP contribution in [0.2, 0.25) is 0 Å². The number of aliphatic hydroxyl groups is 1. The molecule has 212 valence electrons. The van der Waals surface area contributed by atoms with Crippen molar-refractivity contribution in [3.05, 3.63) is 41.2 Å². The second-order valence-electron chi connectivity index (χ2n) is 11.7. The van der Waals surface area contributed by atoms with Gasteiger partial charge in [0.15, 0.2) is 11.5 Å². The minimum atomic E-state index is -0.597. The van der Waals surface area contributed by atoms with Crippen LogP contribution in [0.1, 0.15) is 86.0 Å². The molecule has 0 bridgehead atoms. The predicted octanol–water partition coefficient (Wildman–Crippen LogP) is 3.87. The number of hydrogen-bond donors (Lipinski definition) is 4. The number of nitrogens with zero attached hydrogens (tertiary/aromatic N) is 4. The molecule has 2 aromatic rings. The summed E-state index contributed by atoms with van der Waals surface area (Å²) in [7, 11) is 2.22. The fraction of sp³-hybridized carbons (Fsp3) is 0.633. The molecule has 1 aromatic carbocycles. The van der Waals surface area contributed by atoms with Gasteiger partial charge in [-0.1, -0.05) is 19.1 Å². The zero-order chi connectivity index (χ0) is 27.4. The fourth-order valence-electron chi connectivity index (χ4n) is 6.44. The molecule has 5 N–H and O–H groups in total. The number of carbonyl (C=O) groups excluding carboxylic acids is 1. The Hall–Kier alpha value is -2.75. The van der Waals surface area contributed by atoms with Gasteiger partial charge in [-0.2, -0.15) is 0 Å². The Morgan fingerprint density at radius 1 is 0.949 bits per heavy atom. The highest BCUT2D eigenvalue weighted by Crippen LogP contribution is 2.32. The zero-order valence-corrected chi connectivity index (χ0v) is 23.5. The number of primary amides is 1. The van der Waals surface area contributed by atoms with Crippen LogP contribution >= 0.6 is 0 Å². The minimum absolute atomic E-state index is 0.154. The normalized spacial score (nSPS) is 24.0. The Kier molecular flexibility index (Phi) is 8.99. The third-order valence-corrected chi connectivity index (χ3v) is 8.95. The van der Waals surface area contributed by atoms with Crippen molar-refractivity contribution in [2.75, 3.05) is 43.9 Å². The van der Waals surface area contributed by atoms with Crippen molar-refractivity contribution in [1.82, 2.24) is 19.8 Å². The topological polar surface area (TPSA) is 120 Å². The molecule has 0 spiro atoms. The van der Waals surface area contributed by atoms with Gasteiger partial charge in [-0.3, -0.25) is 4.79 Å². The number of nitrogens with two attached hydrogens (primary N) is 1. The van der Waals surface area contributed by atoms with Gasteiger partial charge in [0.05, 0.1) is 11.8 Å². The summed E-state index contributed by atoms with van der Waals surface area (Å²) in [6.07, 6.45) is 8.71. The van der Waals surface area contributed by atoms with Crippen LogP contribution in [0, 0.1) is 0 Å². The number of aliphatic hydroxyl groups excluding tert-OH is 1. The largest absolute Gasteiger partial charge is 0.393 e. The van der Waals surface area contributed by atoms with Crippen LogP contribution in [0.4, 0.5) is 17.3 Å². The Bertz CT molecular complexity index is 1100. The first kappa shape index (κ1) is 27.8. The third kappa shape index (κ3) is 6.88. The standard InChI is InChI=1S/C30H45N7O2/c1-3-26-29(32-23-8-10-25(38)11-9-23)35-30(27(34-26)28(31)39)33-22-6-4-20(5-7-22)21-12-18-37(19-13-21)24-14-16-36(2)17-15-24/h4-7,21,23-25,38H,3,8-19H2,1-2H3,(H2,31,39)(H2,32,33,35)/t23-,25-. The number of anilines is 3. The van der Waals surface area contributed by atoms with Crippen LogP contribution in [0.5, 0.6) is 0 Å². The zero-order valence-electron chi connectivity index (χ0n) is 23.5. The van der Waals surface area contributed by atoms with Crippen LogP contribution in [0.3, 0.4) is 0 Å². The second kappa shape index (κ2) is 12.6. The first-order valence-electron chi connectivity index (χ1n) is 14.8. The number of amides is 1. The highest BCUT2D eigenvalue weighted by atomic mass is 16.3. The molecular weight excluding hydrogens is 490 g/mol. The van der Waals surface area contributed by atoms with E-state index >= 15 is 0 Å². The molecule has 0 unspecified atom stereocenters. The average Bonchev–Trinajstić information content (AvgIpc) is 2.95. The molecule has 1 aliphatic carbocycles. The van der Waals surface area contributed by atoms with Crippen molar-refractivity contribution in [2.45, 2.75) is 88.8 Å². The molecule has 39 heavy (non-hydrogen) atoms. The summed E-state index contributed by atoms with van der Waals surface area (Å²) in [6, 6.07) is 9.50. The lowest BCUT2D eigenvalue weighted by Gasteiger charge is -2.41. The van der Waals surface area contributed by atoms with Crippen molar-refractivity contribution in [1.29, 1.82) is 0 Å². The number of hydrogen-bond acceptors (Lipinski definition) is 8. The highest BCUT2D eigenvalue weighted by Gasteiger charge is 2.28. The van der Waals surface area contributed by atoms with Gasteiger partial charge >= 0.3 is 0 Å². The predicted molar refractivity (Wildman–Crippen MR) is 156 cm³/mol. The Balaban J connectivity index is 1.24. The Morgan fingerprint density at radius 3 is 2.23 bits per heavy atom. The third-order valence-electron chi connectivity index (χ3n) is 8.95. The first-order valence-corrected chi connectivity index (χ1v) is 14.8. The van der Waals surface area contributed by atoms with Crippen molar-refractivity contribution in [2.24, 2.45) is 5.73 Å². The molecule has 3 heterocycles. The van der Waals surface area contributed by atoms with Crippen LogP contribution in [0.25, 0.3) is 0 Å². The van der Waals surface area contributed by atoms with E-state index in [-0.39, 0.29) is 17.8 Å². The molecule has 1 saturated carbocycles. The summed E-state index contributed by atoms with van der Waals surface area (Å²) in [5, 5.41) is 16.7. The van der Waals surface area contributed by atoms with Gasteiger partial charge < -0.3 is 31.3 Å². The summed E-state index contributed by atoms with van der Waals surface area (Å²) in [6.45, 7) is 6.77. The van der Waals surface area contributed by atoms with E-state index in [4.69, 9.17) is 10.7 Å². The molecule has 5 rings (SSSR count). The molecule has 1 aromatic heterocycles. The van der Waals surface area contributed by atoms with E-state index in [1.807, 2.05) is 6.92 Å². The molecule has 3 fully saturated rings. The molecule has 3 aliphatic rings. The van der Waals surface area contributed by atoms with Gasteiger partial charge in [0.1, 0.15) is 5.82 Å². The molecule has 2 saturated heterocycles. The Morgan fingerprint density at radius 2 is 1.62 bits per heavy atom. The van der Waals surface area contributed by atoms with Crippen molar-refractivity contribution in [3.63, 3.8) is 0 Å². The number of likely N-dealkylation sites (tertiary alicyclic amines) is 2. The maximum atomic E-state index is 12.3. The van der Waals surface area contributed by atoms with E-state index in [9.17, 15) is 9.90 Å². The summed E-state index contributed by atoms with van der Waals surface area (Å²) >= 11 is 0. The molecule has 9 heteroatoms. The van der Waals surface area contributed by atoms with E-state index in [2.05, 4.69) is 56.7 Å². The van der Waals surface area contributed by atoms with Crippen molar-refractivity contribution >= 4 is 23.2 Å². The lowest BCUT2D eigenvalue weighted by atomic mass is 9.88. The van der Waals surface area contributed by atoms with E-state index in [0.29, 0.717) is 24.0 Å². The summed E-state index contributed by atoms with van der Waals surface area (Å²) < 4.78 is 0. The van der Waals surface area contributed by atoms with E-state index in [0.717, 1.165) is 43.1 Å². The SMILES string of the molecule is CCc1nc(C(N)=O)c(Nc2ccc(C3CCN(C4CCN(C)CC4)CC3)cc2)nc1N[C@H]1CC[C@H](O)CC1. The van der Waals surface area contributed by atoms with Gasteiger partial charge in [0.2, 0.25) is 0 Å². The smallest absolute Gasteiger partial charge is 0.271 e. The fourth-order valence-corrected chi connectivity index (χ4v) is 6.44. The monoisotopic (exact) mass is 535 g/mol. The van der Waals surface area contributed by atoms with E-state index in [1.165, 1.54) is 57.4 Å². The number of benzene rings is 1. The number of piperidine rings is 2. The second-order valence-corrected chi connectivity index (χ2v) is 11.7.